The first-order chi connectivity index (χ1) is 7.06. The Hall–Kier alpha value is -0.120. The molecule has 88 valence electrons. The molecule has 0 aromatic heterocycles. The Morgan fingerprint density at radius 3 is 2.67 bits per heavy atom. The first-order valence-electron chi connectivity index (χ1n) is 6.03. The van der Waals surface area contributed by atoms with E-state index in [1.807, 2.05) is 0 Å². The molecule has 3 nitrogen and oxygen atoms in total. The van der Waals surface area contributed by atoms with Crippen molar-refractivity contribution in [3.63, 3.8) is 0 Å². The molecule has 2 heterocycles. The highest BCUT2D eigenvalue weighted by Crippen LogP contribution is 2.27. The van der Waals surface area contributed by atoms with Crippen LogP contribution in [-0.2, 0) is 9.47 Å². The molecule has 2 aliphatic rings. The fourth-order valence-corrected chi connectivity index (χ4v) is 2.53. The first kappa shape index (κ1) is 11.4. The van der Waals surface area contributed by atoms with Crippen LogP contribution < -0.4 is 0 Å². The molecule has 2 rings (SSSR count). The number of piperidine rings is 1. The second kappa shape index (κ2) is 4.40. The van der Waals surface area contributed by atoms with Crippen LogP contribution in [0.5, 0.6) is 0 Å². The molecule has 2 aliphatic heterocycles. The topological polar surface area (TPSA) is 21.7 Å². The quantitative estimate of drug-likeness (QED) is 0.663. The second-order valence-corrected chi connectivity index (χ2v) is 5.84. The number of nitrogens with zero attached hydrogens (tertiary/aromatic N) is 1. The molecular formula is C12H23NO2. The number of fused-ring (bicyclic) bond motifs is 1. The van der Waals surface area contributed by atoms with E-state index in [0.717, 1.165) is 32.7 Å². The van der Waals surface area contributed by atoms with E-state index in [4.69, 9.17) is 9.47 Å². The predicted molar refractivity (Wildman–Crippen MR) is 59.7 cm³/mol. The molecule has 0 N–H and O–H groups in total. The molecule has 2 saturated heterocycles. The second-order valence-electron chi connectivity index (χ2n) is 5.84. The van der Waals surface area contributed by atoms with Crippen molar-refractivity contribution in [2.75, 3.05) is 26.3 Å². The lowest BCUT2D eigenvalue weighted by Crippen LogP contribution is -2.55. The van der Waals surface area contributed by atoms with Crippen LogP contribution in [0.2, 0.25) is 0 Å². The van der Waals surface area contributed by atoms with Gasteiger partial charge in [0.2, 0.25) is 0 Å². The minimum Gasteiger partial charge on any atom is -0.372 e. The lowest BCUT2D eigenvalue weighted by Gasteiger charge is -2.45. The third-order valence-corrected chi connectivity index (χ3v) is 2.99. The molecule has 2 atom stereocenters. The van der Waals surface area contributed by atoms with Gasteiger partial charge < -0.3 is 9.47 Å². The number of ether oxygens (including phenoxy) is 2. The summed E-state index contributed by atoms with van der Waals surface area (Å²) in [7, 11) is 0. The third-order valence-electron chi connectivity index (χ3n) is 2.99. The van der Waals surface area contributed by atoms with Gasteiger partial charge in [-0.25, -0.2) is 0 Å². The van der Waals surface area contributed by atoms with Gasteiger partial charge in [-0.2, -0.15) is 0 Å². The molecule has 0 bridgehead atoms. The highest BCUT2D eigenvalue weighted by Gasteiger charge is 2.36. The summed E-state index contributed by atoms with van der Waals surface area (Å²) in [6.45, 7) is 10.6. The minimum absolute atomic E-state index is 0.215. The van der Waals surface area contributed by atoms with Crippen LogP contribution in [0.3, 0.4) is 0 Å². The fourth-order valence-electron chi connectivity index (χ4n) is 2.53. The highest BCUT2D eigenvalue weighted by atomic mass is 16.6. The lowest BCUT2D eigenvalue weighted by atomic mass is 9.94. The molecule has 0 aromatic rings. The van der Waals surface area contributed by atoms with Gasteiger partial charge in [0, 0.05) is 13.1 Å². The molecule has 2 unspecified atom stereocenters. The van der Waals surface area contributed by atoms with Crippen LogP contribution in [0.1, 0.15) is 33.6 Å². The Morgan fingerprint density at radius 2 is 1.93 bits per heavy atom. The smallest absolute Gasteiger partial charge is 0.137 e. The summed E-state index contributed by atoms with van der Waals surface area (Å²) >= 11 is 0. The maximum Gasteiger partial charge on any atom is 0.137 e. The maximum absolute atomic E-state index is 5.84. The Morgan fingerprint density at radius 1 is 1.20 bits per heavy atom. The minimum atomic E-state index is 0.215. The van der Waals surface area contributed by atoms with Crippen molar-refractivity contribution >= 4 is 0 Å². The Kier molecular flexibility index (Phi) is 3.33. The molecule has 3 heteroatoms. The zero-order valence-electron chi connectivity index (χ0n) is 10.2. The molecule has 2 fully saturated rings. The molecule has 0 spiro atoms. The van der Waals surface area contributed by atoms with Crippen LogP contribution in [0.25, 0.3) is 0 Å². The van der Waals surface area contributed by atoms with E-state index in [2.05, 4.69) is 25.7 Å². The third kappa shape index (κ3) is 2.92. The molecule has 0 aliphatic carbocycles. The Bertz CT molecular complexity index is 210. The van der Waals surface area contributed by atoms with E-state index in [-0.39, 0.29) is 6.23 Å². The maximum atomic E-state index is 5.84. The molecule has 0 aromatic carbocycles. The summed E-state index contributed by atoms with van der Waals surface area (Å²) in [5, 5.41) is 0. The lowest BCUT2D eigenvalue weighted by molar-refractivity contribution is -0.216. The van der Waals surface area contributed by atoms with Gasteiger partial charge in [0.15, 0.2) is 0 Å². The van der Waals surface area contributed by atoms with E-state index in [0.29, 0.717) is 11.5 Å². The molecule has 15 heavy (non-hydrogen) atoms. The van der Waals surface area contributed by atoms with E-state index in [1.54, 1.807) is 0 Å². The van der Waals surface area contributed by atoms with Gasteiger partial charge in [-0.1, -0.05) is 20.8 Å². The molecular weight excluding hydrogens is 190 g/mol. The van der Waals surface area contributed by atoms with Crippen molar-refractivity contribution in [2.45, 2.75) is 45.9 Å². The summed E-state index contributed by atoms with van der Waals surface area (Å²) in [5.74, 6) is 0. The molecule has 0 amide bonds. The van der Waals surface area contributed by atoms with Crippen LogP contribution in [0.4, 0.5) is 0 Å². The standard InChI is InChI=1S/C12H23NO2/c1-12(2,3)9-13-6-4-5-10-11(13)15-8-7-14-10/h10-11H,4-9H2,1-3H3. The average Bonchev–Trinajstić information content (AvgIpc) is 2.16. The van der Waals surface area contributed by atoms with E-state index < -0.39 is 0 Å². The zero-order chi connectivity index (χ0) is 10.9. The summed E-state index contributed by atoms with van der Waals surface area (Å²) in [6.07, 6.45) is 2.92. The molecule has 0 saturated carbocycles. The van der Waals surface area contributed by atoms with Crippen molar-refractivity contribution in [3.8, 4) is 0 Å². The number of likely N-dealkylation sites (tertiary alicyclic amines) is 1. The van der Waals surface area contributed by atoms with E-state index in [9.17, 15) is 0 Å². The summed E-state index contributed by atoms with van der Waals surface area (Å²) < 4.78 is 11.6. The van der Waals surface area contributed by atoms with Crippen molar-refractivity contribution in [1.29, 1.82) is 0 Å². The van der Waals surface area contributed by atoms with Gasteiger partial charge in [0.05, 0.1) is 19.3 Å². The van der Waals surface area contributed by atoms with Crippen LogP contribution in [-0.4, -0.2) is 43.5 Å². The summed E-state index contributed by atoms with van der Waals surface area (Å²) in [6, 6.07) is 0. The van der Waals surface area contributed by atoms with Crippen molar-refractivity contribution in [2.24, 2.45) is 5.41 Å². The van der Waals surface area contributed by atoms with Gasteiger partial charge in [0.25, 0.3) is 0 Å². The SMILES string of the molecule is CC(C)(C)CN1CCCC2OCCOC21. The molecule has 0 radical (unpaired) electrons. The van der Waals surface area contributed by atoms with Crippen LogP contribution in [0.15, 0.2) is 0 Å². The monoisotopic (exact) mass is 213 g/mol. The van der Waals surface area contributed by atoms with E-state index in [1.165, 1.54) is 6.42 Å². The van der Waals surface area contributed by atoms with Gasteiger partial charge in [-0.3, -0.25) is 4.90 Å². The van der Waals surface area contributed by atoms with Crippen LogP contribution >= 0.6 is 0 Å². The number of rotatable bonds is 1. The average molecular weight is 213 g/mol. The number of hydrogen-bond donors (Lipinski definition) is 0. The van der Waals surface area contributed by atoms with Crippen molar-refractivity contribution in [1.82, 2.24) is 4.90 Å². The van der Waals surface area contributed by atoms with Gasteiger partial charge in [-0.05, 0) is 18.3 Å². The summed E-state index contributed by atoms with van der Waals surface area (Å²) in [4.78, 5) is 2.45. The van der Waals surface area contributed by atoms with Gasteiger partial charge in [-0.15, -0.1) is 0 Å². The van der Waals surface area contributed by atoms with Gasteiger partial charge >= 0.3 is 0 Å². The predicted octanol–water partition coefficient (Wildman–Crippen LogP) is 1.87. The summed E-state index contributed by atoms with van der Waals surface area (Å²) in [5.41, 5.74) is 0.336. The first-order valence-corrected chi connectivity index (χ1v) is 6.03. The Balaban J connectivity index is 1.97. The fraction of sp³-hybridized carbons (Fsp3) is 1.00. The van der Waals surface area contributed by atoms with Crippen molar-refractivity contribution < 1.29 is 9.47 Å². The normalized spacial score (nSPS) is 33.8. The van der Waals surface area contributed by atoms with Crippen molar-refractivity contribution in [3.05, 3.63) is 0 Å². The van der Waals surface area contributed by atoms with E-state index >= 15 is 0 Å². The zero-order valence-corrected chi connectivity index (χ0v) is 10.2. The van der Waals surface area contributed by atoms with Gasteiger partial charge in [0.1, 0.15) is 6.23 Å². The highest BCUT2D eigenvalue weighted by molar-refractivity contribution is 4.83. The van der Waals surface area contributed by atoms with Crippen LogP contribution in [0, 0.1) is 5.41 Å². The Labute approximate surface area is 92.7 Å². The largest absolute Gasteiger partial charge is 0.372 e. The number of hydrogen-bond acceptors (Lipinski definition) is 3.